The number of carbonyl (C=O) groups is 1. The lowest BCUT2D eigenvalue weighted by atomic mass is 9.86. The maximum absolute atomic E-state index is 12.7. The molecule has 0 aliphatic carbocycles. The van der Waals surface area contributed by atoms with Gasteiger partial charge >= 0.3 is 0 Å². The van der Waals surface area contributed by atoms with Gasteiger partial charge in [-0.05, 0) is 33.6 Å². The number of hydrogen-bond acceptors (Lipinski definition) is 5. The number of hydrogen-bond donors (Lipinski definition) is 0. The van der Waals surface area contributed by atoms with Gasteiger partial charge in [-0.2, -0.15) is 5.10 Å². The molecule has 0 aromatic carbocycles. The SMILES string of the molecule is CC(C)N(C)c1cnn([C@H]2CCCN(C(=O)C3(C)COC3)C2)c(=O)c1. The summed E-state index contributed by atoms with van der Waals surface area (Å²) in [4.78, 5) is 29.2. The highest BCUT2D eigenvalue weighted by molar-refractivity contribution is 5.83. The quantitative estimate of drug-likeness (QED) is 0.820. The van der Waals surface area contributed by atoms with E-state index in [-0.39, 0.29) is 17.5 Å². The molecular formula is C18H28N4O3. The van der Waals surface area contributed by atoms with Gasteiger partial charge in [0, 0.05) is 32.2 Å². The number of ether oxygens (including phenoxy) is 1. The number of aromatic nitrogens is 2. The van der Waals surface area contributed by atoms with Crippen LogP contribution in [0.25, 0.3) is 0 Å². The van der Waals surface area contributed by atoms with Crippen LogP contribution in [0.4, 0.5) is 5.69 Å². The summed E-state index contributed by atoms with van der Waals surface area (Å²) >= 11 is 0. The van der Waals surface area contributed by atoms with Crippen LogP contribution in [0.15, 0.2) is 17.1 Å². The summed E-state index contributed by atoms with van der Waals surface area (Å²) < 4.78 is 6.75. The number of amides is 1. The summed E-state index contributed by atoms with van der Waals surface area (Å²) in [7, 11) is 1.95. The molecule has 1 aromatic rings. The fraction of sp³-hybridized carbons (Fsp3) is 0.722. The second-order valence-corrected chi connectivity index (χ2v) is 7.80. The average molecular weight is 348 g/mol. The van der Waals surface area contributed by atoms with Gasteiger partial charge < -0.3 is 14.5 Å². The molecule has 1 aromatic heterocycles. The third-order valence-electron chi connectivity index (χ3n) is 5.38. The molecule has 7 heteroatoms. The minimum atomic E-state index is -0.399. The highest BCUT2D eigenvalue weighted by atomic mass is 16.5. The average Bonchev–Trinajstić information content (AvgIpc) is 2.58. The Morgan fingerprint density at radius 3 is 2.72 bits per heavy atom. The fourth-order valence-corrected chi connectivity index (χ4v) is 3.43. The van der Waals surface area contributed by atoms with E-state index in [4.69, 9.17) is 4.74 Å². The fourth-order valence-electron chi connectivity index (χ4n) is 3.43. The van der Waals surface area contributed by atoms with Gasteiger partial charge in [0.15, 0.2) is 0 Å². The number of piperidine rings is 1. The second kappa shape index (κ2) is 6.78. The van der Waals surface area contributed by atoms with Crippen molar-refractivity contribution in [1.82, 2.24) is 14.7 Å². The van der Waals surface area contributed by atoms with E-state index in [1.165, 1.54) is 4.68 Å². The van der Waals surface area contributed by atoms with Crippen LogP contribution in [-0.4, -0.2) is 60.0 Å². The van der Waals surface area contributed by atoms with Crippen molar-refractivity contribution < 1.29 is 9.53 Å². The lowest BCUT2D eigenvalue weighted by Crippen LogP contribution is -2.55. The second-order valence-electron chi connectivity index (χ2n) is 7.80. The van der Waals surface area contributed by atoms with E-state index in [2.05, 4.69) is 18.9 Å². The van der Waals surface area contributed by atoms with Crippen molar-refractivity contribution in [3.05, 3.63) is 22.6 Å². The Bertz CT molecular complexity index is 696. The Labute approximate surface area is 148 Å². The Hall–Kier alpha value is -1.89. The van der Waals surface area contributed by atoms with Crippen LogP contribution >= 0.6 is 0 Å². The molecule has 2 aliphatic rings. The van der Waals surface area contributed by atoms with Crippen LogP contribution < -0.4 is 10.5 Å². The van der Waals surface area contributed by atoms with Crippen molar-refractivity contribution >= 4 is 11.6 Å². The van der Waals surface area contributed by atoms with Gasteiger partial charge in [-0.1, -0.05) is 0 Å². The maximum atomic E-state index is 12.7. The monoisotopic (exact) mass is 348 g/mol. The summed E-state index contributed by atoms with van der Waals surface area (Å²) in [6.07, 6.45) is 3.49. The first-order valence-corrected chi connectivity index (χ1v) is 9.01. The van der Waals surface area contributed by atoms with E-state index in [9.17, 15) is 9.59 Å². The first-order valence-electron chi connectivity index (χ1n) is 9.01. The van der Waals surface area contributed by atoms with E-state index < -0.39 is 5.41 Å². The largest absolute Gasteiger partial charge is 0.379 e. The van der Waals surface area contributed by atoms with E-state index in [0.29, 0.717) is 25.8 Å². The van der Waals surface area contributed by atoms with Gasteiger partial charge in [-0.25, -0.2) is 4.68 Å². The molecule has 1 atom stereocenters. The molecule has 2 saturated heterocycles. The van der Waals surface area contributed by atoms with Crippen LogP contribution in [0.1, 0.15) is 39.7 Å². The Morgan fingerprint density at radius 1 is 1.44 bits per heavy atom. The molecular weight excluding hydrogens is 320 g/mol. The normalized spacial score (nSPS) is 22.6. The van der Waals surface area contributed by atoms with Gasteiger partial charge in [0.05, 0.1) is 36.6 Å². The van der Waals surface area contributed by atoms with Gasteiger partial charge in [-0.3, -0.25) is 9.59 Å². The summed E-state index contributed by atoms with van der Waals surface area (Å²) in [5.74, 6) is 0.132. The van der Waals surface area contributed by atoms with Crippen molar-refractivity contribution in [2.24, 2.45) is 5.41 Å². The molecule has 0 bridgehead atoms. The predicted molar refractivity (Wildman–Crippen MR) is 95.8 cm³/mol. The summed E-state index contributed by atoms with van der Waals surface area (Å²) in [6.45, 7) is 8.35. The maximum Gasteiger partial charge on any atom is 0.269 e. The van der Waals surface area contributed by atoms with Crippen molar-refractivity contribution in [3.8, 4) is 0 Å². The van der Waals surface area contributed by atoms with E-state index in [0.717, 1.165) is 25.1 Å². The lowest BCUT2D eigenvalue weighted by Gasteiger charge is -2.43. The molecule has 2 fully saturated rings. The van der Waals surface area contributed by atoms with Gasteiger partial charge in [-0.15, -0.1) is 0 Å². The van der Waals surface area contributed by atoms with Crippen molar-refractivity contribution in [2.75, 3.05) is 38.3 Å². The highest BCUT2D eigenvalue weighted by Gasteiger charge is 2.44. The molecule has 0 spiro atoms. The first kappa shape index (κ1) is 17.9. The molecule has 138 valence electrons. The summed E-state index contributed by atoms with van der Waals surface area (Å²) in [6, 6.07) is 1.87. The number of likely N-dealkylation sites (tertiary alicyclic amines) is 1. The minimum absolute atomic E-state index is 0.0619. The standard InChI is InChI=1S/C18H28N4O3/c1-13(2)20(4)15-8-16(23)22(19-9-15)14-6-5-7-21(10-14)17(24)18(3)11-25-12-18/h8-9,13-14H,5-7,10-12H2,1-4H3/t14-/m0/s1. The van der Waals surface area contributed by atoms with Gasteiger partial charge in [0.1, 0.15) is 0 Å². The number of nitrogens with zero attached hydrogens (tertiary/aromatic N) is 4. The molecule has 1 amide bonds. The predicted octanol–water partition coefficient (Wildman–Crippen LogP) is 1.29. The zero-order valence-corrected chi connectivity index (χ0v) is 15.6. The third-order valence-corrected chi connectivity index (χ3v) is 5.38. The van der Waals surface area contributed by atoms with Crippen LogP contribution in [-0.2, 0) is 9.53 Å². The van der Waals surface area contributed by atoms with Crippen molar-refractivity contribution in [2.45, 2.75) is 45.7 Å². The number of anilines is 1. The Morgan fingerprint density at radius 2 is 2.16 bits per heavy atom. The lowest BCUT2D eigenvalue weighted by molar-refractivity contribution is -0.170. The zero-order chi connectivity index (χ0) is 18.2. The molecule has 0 radical (unpaired) electrons. The Balaban J connectivity index is 1.75. The summed E-state index contributed by atoms with van der Waals surface area (Å²) in [5, 5.41) is 4.40. The third kappa shape index (κ3) is 3.42. The van der Waals surface area contributed by atoms with E-state index >= 15 is 0 Å². The zero-order valence-electron chi connectivity index (χ0n) is 15.6. The number of carbonyl (C=O) groups excluding carboxylic acids is 1. The van der Waals surface area contributed by atoms with Crippen molar-refractivity contribution in [3.63, 3.8) is 0 Å². The molecule has 0 saturated carbocycles. The molecule has 7 nitrogen and oxygen atoms in total. The van der Waals surface area contributed by atoms with Gasteiger partial charge in [0.2, 0.25) is 5.91 Å². The summed E-state index contributed by atoms with van der Waals surface area (Å²) in [5.41, 5.74) is 0.311. The number of rotatable bonds is 4. The van der Waals surface area contributed by atoms with E-state index in [1.807, 2.05) is 23.8 Å². The smallest absolute Gasteiger partial charge is 0.269 e. The van der Waals surface area contributed by atoms with Crippen molar-refractivity contribution in [1.29, 1.82) is 0 Å². The van der Waals surface area contributed by atoms with Crippen LogP contribution in [0.5, 0.6) is 0 Å². The van der Waals surface area contributed by atoms with E-state index in [1.54, 1.807) is 12.3 Å². The van der Waals surface area contributed by atoms with Crippen LogP contribution in [0.2, 0.25) is 0 Å². The molecule has 2 aliphatic heterocycles. The Kier molecular flexibility index (Phi) is 4.86. The molecule has 0 unspecified atom stereocenters. The minimum Gasteiger partial charge on any atom is -0.379 e. The topological polar surface area (TPSA) is 67.7 Å². The molecule has 3 heterocycles. The van der Waals surface area contributed by atoms with Crippen LogP contribution in [0, 0.1) is 5.41 Å². The first-order chi connectivity index (χ1) is 11.8. The van der Waals surface area contributed by atoms with Crippen LogP contribution in [0.3, 0.4) is 0 Å². The molecule has 0 N–H and O–H groups in total. The highest BCUT2D eigenvalue weighted by Crippen LogP contribution is 2.31. The molecule has 25 heavy (non-hydrogen) atoms. The van der Waals surface area contributed by atoms with Gasteiger partial charge in [0.25, 0.3) is 5.56 Å². The molecule has 3 rings (SSSR count).